The lowest BCUT2D eigenvalue weighted by Crippen LogP contribution is -2.11. The van der Waals surface area contributed by atoms with E-state index >= 15 is 0 Å². The molecule has 0 saturated carbocycles. The number of hydrogen-bond acceptors (Lipinski definition) is 7. The number of nitrogens with one attached hydrogen (secondary N) is 1. The Bertz CT molecular complexity index is 363. The van der Waals surface area contributed by atoms with Gasteiger partial charge in [-0.1, -0.05) is 11.8 Å². The van der Waals surface area contributed by atoms with Crippen molar-refractivity contribution in [3.8, 4) is 6.01 Å². The van der Waals surface area contributed by atoms with E-state index in [4.69, 9.17) is 9.47 Å². The number of aromatic nitrogens is 3. The van der Waals surface area contributed by atoms with Crippen LogP contribution >= 0.6 is 11.8 Å². The summed E-state index contributed by atoms with van der Waals surface area (Å²) in [5, 5.41) is 3.57. The number of hydrogen-bond donors (Lipinski definition) is 1. The molecule has 1 heterocycles. The van der Waals surface area contributed by atoms with E-state index < -0.39 is 0 Å². The molecule has 7 heteroatoms. The quantitative estimate of drug-likeness (QED) is 0.572. The van der Waals surface area contributed by atoms with Gasteiger partial charge in [0.2, 0.25) is 5.95 Å². The van der Waals surface area contributed by atoms with Crippen molar-refractivity contribution in [2.75, 3.05) is 31.8 Å². The van der Waals surface area contributed by atoms with Crippen LogP contribution in [0.2, 0.25) is 0 Å². The summed E-state index contributed by atoms with van der Waals surface area (Å²) in [6.45, 7) is 4.62. The van der Waals surface area contributed by atoms with Gasteiger partial charge in [-0.2, -0.15) is 15.0 Å². The molecule has 0 fully saturated rings. The minimum atomic E-state index is 0.0449. The van der Waals surface area contributed by atoms with Crippen LogP contribution in [0.25, 0.3) is 0 Å². The molecule has 0 unspecified atom stereocenters. The van der Waals surface area contributed by atoms with Crippen LogP contribution in [0, 0.1) is 0 Å². The van der Waals surface area contributed by atoms with E-state index in [1.165, 1.54) is 0 Å². The zero-order valence-corrected chi connectivity index (χ0v) is 12.1. The van der Waals surface area contributed by atoms with Crippen molar-refractivity contribution in [1.82, 2.24) is 15.0 Å². The molecule has 0 aliphatic rings. The van der Waals surface area contributed by atoms with E-state index in [2.05, 4.69) is 20.3 Å². The molecule has 0 bridgehead atoms. The van der Waals surface area contributed by atoms with Gasteiger partial charge in [-0.05, 0) is 20.3 Å². The summed E-state index contributed by atoms with van der Waals surface area (Å²) in [6.07, 6.45) is 1.01. The second-order valence-corrected chi connectivity index (χ2v) is 4.90. The summed E-state index contributed by atoms with van der Waals surface area (Å²) in [7, 11) is 3.47. The van der Waals surface area contributed by atoms with Crippen LogP contribution in [0.4, 0.5) is 5.95 Å². The fraction of sp³-hybridized carbons (Fsp3) is 0.727. The van der Waals surface area contributed by atoms with Crippen LogP contribution in [0.1, 0.15) is 20.3 Å². The van der Waals surface area contributed by atoms with Gasteiger partial charge in [-0.25, -0.2) is 0 Å². The van der Waals surface area contributed by atoms with Crippen LogP contribution in [0.15, 0.2) is 5.16 Å². The highest BCUT2D eigenvalue weighted by molar-refractivity contribution is 7.99. The Balaban J connectivity index is 2.64. The first-order valence-electron chi connectivity index (χ1n) is 5.88. The lowest BCUT2D eigenvalue weighted by atomic mass is 10.5. The lowest BCUT2D eigenvalue weighted by molar-refractivity contribution is 0.200. The van der Waals surface area contributed by atoms with Gasteiger partial charge in [0.1, 0.15) is 0 Å². The van der Waals surface area contributed by atoms with Crippen LogP contribution in [-0.2, 0) is 4.74 Å². The van der Waals surface area contributed by atoms with E-state index in [1.807, 2.05) is 13.8 Å². The molecule has 0 radical (unpaired) electrons. The molecule has 0 spiro atoms. The van der Waals surface area contributed by atoms with Gasteiger partial charge in [0.05, 0.1) is 6.10 Å². The molecule has 0 saturated heterocycles. The van der Waals surface area contributed by atoms with Crippen molar-refractivity contribution < 1.29 is 9.47 Å². The normalized spacial score (nSPS) is 10.7. The molecule has 6 nitrogen and oxygen atoms in total. The van der Waals surface area contributed by atoms with Gasteiger partial charge in [-0.15, -0.1) is 0 Å². The maximum atomic E-state index is 5.48. The molecule has 1 aromatic rings. The van der Waals surface area contributed by atoms with Crippen LogP contribution < -0.4 is 10.1 Å². The average molecular weight is 272 g/mol. The summed E-state index contributed by atoms with van der Waals surface area (Å²) >= 11 is 1.57. The Labute approximate surface area is 112 Å². The fourth-order valence-electron chi connectivity index (χ4n) is 1.14. The van der Waals surface area contributed by atoms with Crippen molar-refractivity contribution in [3.05, 3.63) is 0 Å². The maximum Gasteiger partial charge on any atom is 0.322 e. The topological polar surface area (TPSA) is 69.2 Å². The molecule has 1 rings (SSSR count). The summed E-state index contributed by atoms with van der Waals surface area (Å²) < 4.78 is 10.5. The van der Waals surface area contributed by atoms with Gasteiger partial charge in [-0.3, -0.25) is 0 Å². The number of anilines is 1. The highest BCUT2D eigenvalue weighted by Gasteiger charge is 2.08. The van der Waals surface area contributed by atoms with Crippen LogP contribution in [0.3, 0.4) is 0 Å². The number of ether oxygens (including phenoxy) is 2. The van der Waals surface area contributed by atoms with Crippen molar-refractivity contribution >= 4 is 17.7 Å². The molecule has 18 heavy (non-hydrogen) atoms. The van der Waals surface area contributed by atoms with Crippen LogP contribution in [-0.4, -0.2) is 47.6 Å². The Kier molecular flexibility index (Phi) is 6.74. The predicted molar refractivity (Wildman–Crippen MR) is 72.4 cm³/mol. The van der Waals surface area contributed by atoms with Gasteiger partial charge in [0.15, 0.2) is 5.16 Å². The van der Waals surface area contributed by atoms with Gasteiger partial charge >= 0.3 is 6.01 Å². The molecule has 0 aliphatic heterocycles. The zero-order valence-electron chi connectivity index (χ0n) is 11.3. The van der Waals surface area contributed by atoms with E-state index in [9.17, 15) is 0 Å². The second kappa shape index (κ2) is 8.10. The molecular weight excluding hydrogens is 252 g/mol. The molecule has 1 aromatic heterocycles. The predicted octanol–water partition coefficient (Wildman–Crippen LogP) is 1.83. The first kappa shape index (κ1) is 15.0. The van der Waals surface area contributed by atoms with Crippen molar-refractivity contribution in [3.63, 3.8) is 0 Å². The number of nitrogens with zero attached hydrogens (tertiary/aromatic N) is 3. The zero-order chi connectivity index (χ0) is 13.4. The largest absolute Gasteiger partial charge is 0.461 e. The first-order valence-corrected chi connectivity index (χ1v) is 6.86. The molecule has 1 N–H and O–H groups in total. The monoisotopic (exact) mass is 272 g/mol. The van der Waals surface area contributed by atoms with Crippen molar-refractivity contribution in [2.45, 2.75) is 31.5 Å². The number of thioether (sulfide) groups is 1. The Morgan fingerprint density at radius 3 is 2.67 bits per heavy atom. The minimum Gasteiger partial charge on any atom is -0.461 e. The third-order valence-corrected chi connectivity index (χ3v) is 2.82. The molecule has 0 amide bonds. The van der Waals surface area contributed by atoms with E-state index in [1.54, 1.807) is 25.9 Å². The van der Waals surface area contributed by atoms with Gasteiger partial charge in [0.25, 0.3) is 0 Å². The third kappa shape index (κ3) is 5.50. The molecule has 0 aromatic carbocycles. The Hall–Kier alpha value is -1.08. The fourth-order valence-corrected chi connectivity index (χ4v) is 1.88. The molecule has 0 atom stereocenters. The maximum absolute atomic E-state index is 5.48. The number of methoxy groups -OCH3 is 1. The SMILES string of the molecule is CNc1nc(OC(C)C)nc(SCCCOC)n1. The summed E-state index contributed by atoms with van der Waals surface area (Å²) in [5.74, 6) is 1.43. The third-order valence-electron chi connectivity index (χ3n) is 1.88. The average Bonchev–Trinajstić information content (AvgIpc) is 2.33. The molecule has 102 valence electrons. The second-order valence-electron chi connectivity index (χ2n) is 3.84. The van der Waals surface area contributed by atoms with Crippen molar-refractivity contribution in [1.29, 1.82) is 0 Å². The molecular formula is C11H20N4O2S. The Morgan fingerprint density at radius 1 is 1.28 bits per heavy atom. The summed E-state index contributed by atoms with van der Waals surface area (Å²) in [4.78, 5) is 12.7. The van der Waals surface area contributed by atoms with E-state index in [0.29, 0.717) is 17.1 Å². The van der Waals surface area contributed by atoms with E-state index in [-0.39, 0.29) is 6.10 Å². The molecule has 0 aliphatic carbocycles. The summed E-state index contributed by atoms with van der Waals surface area (Å²) in [5.41, 5.74) is 0. The highest BCUT2D eigenvalue weighted by atomic mass is 32.2. The highest BCUT2D eigenvalue weighted by Crippen LogP contribution is 2.18. The number of rotatable bonds is 8. The van der Waals surface area contributed by atoms with Gasteiger partial charge in [0, 0.05) is 26.5 Å². The van der Waals surface area contributed by atoms with E-state index in [0.717, 1.165) is 18.8 Å². The first-order chi connectivity index (χ1) is 8.65. The van der Waals surface area contributed by atoms with Crippen LogP contribution in [0.5, 0.6) is 6.01 Å². The minimum absolute atomic E-state index is 0.0449. The standard InChI is InChI=1S/C11H20N4O2S/c1-8(2)17-10-13-9(12-3)14-11(15-10)18-7-5-6-16-4/h8H,5-7H2,1-4H3,(H,12,13,14,15). The van der Waals surface area contributed by atoms with Crippen molar-refractivity contribution in [2.24, 2.45) is 0 Å². The van der Waals surface area contributed by atoms with Gasteiger partial charge < -0.3 is 14.8 Å². The summed E-state index contributed by atoms with van der Waals surface area (Å²) in [6, 6.07) is 0.360. The smallest absolute Gasteiger partial charge is 0.322 e. The Morgan fingerprint density at radius 2 is 2.06 bits per heavy atom. The lowest BCUT2D eigenvalue weighted by Gasteiger charge is -2.09.